The molecule has 1 aliphatic heterocycles. The van der Waals surface area contributed by atoms with Crippen molar-refractivity contribution in [2.24, 2.45) is 0 Å². The van der Waals surface area contributed by atoms with Crippen LogP contribution in [-0.4, -0.2) is 23.5 Å². The molecule has 4 aromatic rings. The Morgan fingerprint density at radius 1 is 0.763 bits per heavy atom. The molecule has 0 amide bonds. The van der Waals surface area contributed by atoms with Gasteiger partial charge in [-0.25, -0.2) is 0 Å². The van der Waals surface area contributed by atoms with Crippen LogP contribution in [0.25, 0.3) is 10.9 Å². The topological polar surface area (TPSA) is 41.3 Å². The maximum Gasteiger partial charge on any atom is 0.213 e. The molecule has 1 aliphatic carbocycles. The largest absolute Gasteiger partial charge is 0.362 e. The molecule has 0 radical (unpaired) electrons. The molecule has 1 unspecified atom stereocenters. The van der Waals surface area contributed by atoms with Gasteiger partial charge in [-0.2, -0.15) is 4.57 Å². The average Bonchev–Trinajstić information content (AvgIpc) is 2.98. The van der Waals surface area contributed by atoms with Gasteiger partial charge in [-0.05, 0) is 29.3 Å². The molecule has 0 fully saturated rings. The minimum Gasteiger partial charge on any atom is -0.362 e. The van der Waals surface area contributed by atoms with Crippen LogP contribution in [0.15, 0.2) is 145 Å². The first-order valence-electron chi connectivity index (χ1n) is 12.7. The number of fused-ring (bicyclic) bond motifs is 2. The molecular weight excluding hydrogens is 468 g/mol. The fourth-order valence-corrected chi connectivity index (χ4v) is 4.84. The fraction of sp³-hybridized carbons (Fsp3) is 0.0882. The first-order chi connectivity index (χ1) is 18.7. The fourth-order valence-electron chi connectivity index (χ4n) is 4.84. The molecule has 1 aromatic heterocycles. The van der Waals surface area contributed by atoms with Crippen LogP contribution in [0.5, 0.6) is 0 Å². The molecule has 6 rings (SSSR count). The van der Waals surface area contributed by atoms with Crippen LogP contribution >= 0.6 is 0 Å². The summed E-state index contributed by atoms with van der Waals surface area (Å²) in [4.78, 5) is 24.3. The average molecular weight is 498 g/mol. The van der Waals surface area contributed by atoms with Crippen LogP contribution < -0.4 is 4.57 Å². The zero-order valence-corrected chi connectivity index (χ0v) is 21.1. The van der Waals surface area contributed by atoms with Gasteiger partial charge in [0, 0.05) is 47.0 Å². The van der Waals surface area contributed by atoms with Crippen molar-refractivity contribution in [3.63, 3.8) is 0 Å². The Kier molecular flexibility index (Phi) is 7.80. The monoisotopic (exact) mass is 497 g/mol. The van der Waals surface area contributed by atoms with Crippen molar-refractivity contribution in [2.75, 3.05) is 0 Å². The summed E-state index contributed by atoms with van der Waals surface area (Å²) in [5, 5.41) is 1.14. The Morgan fingerprint density at radius 3 is 2.26 bits per heavy atom. The normalized spacial score (nSPS) is 15.6. The Hall–Kier alpha value is -4.83. The van der Waals surface area contributed by atoms with Crippen molar-refractivity contribution >= 4 is 23.5 Å². The van der Waals surface area contributed by atoms with Gasteiger partial charge in [0.2, 0.25) is 5.52 Å². The first kappa shape index (κ1) is 24.8. The second-order valence-electron chi connectivity index (χ2n) is 9.27. The SMILES string of the molecule is O=CC1=CC=CC2=CC=CN(Cc3ccccc3)C12.O=Cc1ccc2ccc[n+](Cc3ccccc3)c2c1. The number of aldehydes is 2. The highest BCUT2D eigenvalue weighted by molar-refractivity contribution is 5.84. The summed E-state index contributed by atoms with van der Waals surface area (Å²) >= 11 is 0. The number of rotatable bonds is 6. The predicted octanol–water partition coefficient (Wildman–Crippen LogP) is 5.99. The third-order valence-corrected chi connectivity index (χ3v) is 6.69. The highest BCUT2D eigenvalue weighted by Gasteiger charge is 2.26. The number of nitrogens with zero attached hydrogens (tertiary/aromatic N) is 2. The van der Waals surface area contributed by atoms with E-state index in [1.54, 1.807) is 0 Å². The number of hydrogen-bond acceptors (Lipinski definition) is 3. The molecule has 2 heterocycles. The van der Waals surface area contributed by atoms with Gasteiger partial charge in [0.25, 0.3) is 0 Å². The molecule has 186 valence electrons. The van der Waals surface area contributed by atoms with Crippen molar-refractivity contribution in [2.45, 2.75) is 19.1 Å². The Labute approximate surface area is 223 Å². The number of carbonyl (C=O) groups excluding carboxylic acids is 2. The number of pyridine rings is 1. The van der Waals surface area contributed by atoms with Crippen molar-refractivity contribution < 1.29 is 14.2 Å². The minimum atomic E-state index is 0.0488. The molecule has 38 heavy (non-hydrogen) atoms. The molecule has 4 nitrogen and oxygen atoms in total. The summed E-state index contributed by atoms with van der Waals surface area (Å²) in [5.41, 5.74) is 6.26. The number of aromatic nitrogens is 1. The molecule has 1 atom stereocenters. The van der Waals surface area contributed by atoms with E-state index in [4.69, 9.17) is 0 Å². The van der Waals surface area contributed by atoms with Gasteiger partial charge in [0.1, 0.15) is 12.6 Å². The molecular formula is C34H29N2O2+. The van der Waals surface area contributed by atoms with E-state index in [2.05, 4.69) is 58.2 Å². The quantitative estimate of drug-likeness (QED) is 0.243. The van der Waals surface area contributed by atoms with E-state index in [-0.39, 0.29) is 6.04 Å². The van der Waals surface area contributed by atoms with Crippen LogP contribution in [0, 0.1) is 0 Å². The van der Waals surface area contributed by atoms with Gasteiger partial charge < -0.3 is 4.90 Å². The third kappa shape index (κ3) is 5.76. The van der Waals surface area contributed by atoms with Crippen molar-refractivity contribution in [1.82, 2.24) is 4.90 Å². The maximum atomic E-state index is 11.2. The van der Waals surface area contributed by atoms with E-state index in [1.807, 2.05) is 85.1 Å². The zero-order valence-electron chi connectivity index (χ0n) is 21.1. The van der Waals surface area contributed by atoms with E-state index >= 15 is 0 Å². The van der Waals surface area contributed by atoms with Crippen LogP contribution in [0.3, 0.4) is 0 Å². The van der Waals surface area contributed by atoms with E-state index in [0.717, 1.165) is 42.1 Å². The van der Waals surface area contributed by atoms with E-state index < -0.39 is 0 Å². The summed E-state index contributed by atoms with van der Waals surface area (Å²) < 4.78 is 2.16. The lowest BCUT2D eigenvalue weighted by molar-refractivity contribution is -0.662. The summed E-state index contributed by atoms with van der Waals surface area (Å²) in [6, 6.07) is 30.5. The van der Waals surface area contributed by atoms with Crippen LogP contribution in [0.1, 0.15) is 21.5 Å². The first-order valence-corrected chi connectivity index (χ1v) is 12.7. The summed E-state index contributed by atoms with van der Waals surface area (Å²) in [6.45, 7) is 1.61. The van der Waals surface area contributed by atoms with Crippen molar-refractivity contribution in [1.29, 1.82) is 0 Å². The highest BCUT2D eigenvalue weighted by atomic mass is 16.1. The lowest BCUT2D eigenvalue weighted by Crippen LogP contribution is -2.36. The number of hydrogen-bond donors (Lipinski definition) is 0. The Bertz CT molecular complexity index is 1540. The number of carbonyl (C=O) groups is 2. The predicted molar refractivity (Wildman–Crippen MR) is 151 cm³/mol. The van der Waals surface area contributed by atoms with Crippen LogP contribution in [-0.2, 0) is 17.9 Å². The summed E-state index contributed by atoms with van der Waals surface area (Å²) in [7, 11) is 0. The Balaban J connectivity index is 0.000000155. The number of allylic oxidation sites excluding steroid dienone is 4. The Morgan fingerprint density at radius 2 is 1.53 bits per heavy atom. The van der Waals surface area contributed by atoms with Gasteiger partial charge >= 0.3 is 0 Å². The molecule has 0 saturated carbocycles. The number of benzene rings is 3. The highest BCUT2D eigenvalue weighted by Crippen LogP contribution is 2.28. The molecule has 2 aliphatic rings. The van der Waals surface area contributed by atoms with E-state index in [9.17, 15) is 9.59 Å². The van der Waals surface area contributed by atoms with Gasteiger partial charge in [0.15, 0.2) is 12.7 Å². The van der Waals surface area contributed by atoms with Gasteiger partial charge in [0.05, 0.1) is 6.04 Å². The van der Waals surface area contributed by atoms with Crippen molar-refractivity contribution in [3.8, 4) is 0 Å². The lowest BCUT2D eigenvalue weighted by Gasteiger charge is -2.35. The molecule has 0 bridgehead atoms. The molecule has 0 spiro atoms. The minimum absolute atomic E-state index is 0.0488. The molecule has 0 N–H and O–H groups in total. The third-order valence-electron chi connectivity index (χ3n) is 6.69. The van der Waals surface area contributed by atoms with Crippen LogP contribution in [0.2, 0.25) is 0 Å². The van der Waals surface area contributed by atoms with Gasteiger partial charge in [-0.3, -0.25) is 9.59 Å². The van der Waals surface area contributed by atoms with Gasteiger partial charge in [-0.15, -0.1) is 0 Å². The van der Waals surface area contributed by atoms with Gasteiger partial charge in [-0.1, -0.05) is 91.0 Å². The van der Waals surface area contributed by atoms with E-state index in [0.29, 0.717) is 5.56 Å². The van der Waals surface area contributed by atoms with Crippen molar-refractivity contribution in [3.05, 3.63) is 162 Å². The second-order valence-corrected chi connectivity index (χ2v) is 9.27. The zero-order chi connectivity index (χ0) is 26.2. The lowest BCUT2D eigenvalue weighted by atomic mass is 9.91. The summed E-state index contributed by atoms with van der Waals surface area (Å²) in [6.07, 6.45) is 15.9. The molecule has 3 aromatic carbocycles. The molecule has 4 heteroatoms. The standard InChI is InChI=1S/C17H15NO.C17H14NO/c19-13-16-9-4-8-15-10-5-11-18(17(15)16)12-14-6-2-1-3-7-14;19-13-15-8-9-16-7-4-10-18(17(16)11-15)12-14-5-2-1-3-6-14/h1-11,13,17H,12H2;1-11,13H,12H2/q;+1. The second kappa shape index (κ2) is 11.9. The summed E-state index contributed by atoms with van der Waals surface area (Å²) in [5.74, 6) is 0. The smallest absolute Gasteiger partial charge is 0.213 e. The molecule has 0 saturated heterocycles. The van der Waals surface area contributed by atoms with Crippen LogP contribution in [0.4, 0.5) is 0 Å². The maximum absolute atomic E-state index is 11.2. The van der Waals surface area contributed by atoms with E-state index in [1.165, 1.54) is 16.7 Å².